The number of aliphatic imine (C=N–C) groups is 1. The number of nitrogens with zero attached hydrogens (tertiary/aromatic N) is 1. The van der Waals surface area contributed by atoms with Crippen molar-refractivity contribution in [3.05, 3.63) is 34.9 Å². The molecule has 1 unspecified atom stereocenters. The summed E-state index contributed by atoms with van der Waals surface area (Å²) in [5.74, 6) is -5.43. The Bertz CT molecular complexity index is 893. The molecule has 1 aliphatic heterocycles. The van der Waals surface area contributed by atoms with Crippen LogP contribution in [0.4, 0.5) is 0 Å². The normalized spacial score (nSPS) is 18.6. The lowest BCUT2D eigenvalue weighted by Crippen LogP contribution is -2.42. The Labute approximate surface area is 166 Å². The van der Waals surface area contributed by atoms with E-state index in [9.17, 15) is 19.2 Å². The van der Waals surface area contributed by atoms with E-state index in [0.717, 1.165) is 14.2 Å². The number of hydrogen-bond donors (Lipinski definition) is 0. The van der Waals surface area contributed by atoms with Crippen LogP contribution in [0.5, 0.6) is 0 Å². The zero-order valence-corrected chi connectivity index (χ0v) is 16.6. The summed E-state index contributed by atoms with van der Waals surface area (Å²) in [5, 5.41) is 0. The fraction of sp³-hybridized carbons (Fsp3) is 0.421. The Morgan fingerprint density at radius 1 is 0.931 bits per heavy atom. The SMILES string of the molecule is COC(=O)C1=C(C)N=C(C)C(C(=O)OC)[C@@H]1C(=O)OCc1ccc(C(=O)OC)o1. The Morgan fingerprint density at radius 3 is 2.17 bits per heavy atom. The number of hydrogen-bond acceptors (Lipinski definition) is 10. The monoisotopic (exact) mass is 407 g/mol. The van der Waals surface area contributed by atoms with E-state index in [4.69, 9.17) is 18.6 Å². The summed E-state index contributed by atoms with van der Waals surface area (Å²) in [5.41, 5.74) is 0.450. The van der Waals surface area contributed by atoms with E-state index in [2.05, 4.69) is 9.73 Å². The van der Waals surface area contributed by atoms with Gasteiger partial charge in [0, 0.05) is 11.4 Å². The van der Waals surface area contributed by atoms with Crippen molar-refractivity contribution < 1.29 is 42.5 Å². The summed E-state index contributed by atoms with van der Waals surface area (Å²) < 4.78 is 24.5. The van der Waals surface area contributed by atoms with Gasteiger partial charge in [0.2, 0.25) is 5.76 Å². The molecule has 0 spiro atoms. The summed E-state index contributed by atoms with van der Waals surface area (Å²) in [7, 11) is 3.52. The molecule has 0 radical (unpaired) electrons. The maximum Gasteiger partial charge on any atom is 0.373 e. The Kier molecular flexibility index (Phi) is 6.92. The van der Waals surface area contributed by atoms with E-state index in [0.29, 0.717) is 5.71 Å². The van der Waals surface area contributed by atoms with Gasteiger partial charge in [-0.05, 0) is 26.0 Å². The van der Waals surface area contributed by atoms with Gasteiger partial charge in [0.25, 0.3) is 0 Å². The van der Waals surface area contributed by atoms with Crippen LogP contribution in [0.2, 0.25) is 0 Å². The third kappa shape index (κ3) is 4.53. The Hall–Kier alpha value is -3.43. The molecule has 29 heavy (non-hydrogen) atoms. The topological polar surface area (TPSA) is 131 Å². The van der Waals surface area contributed by atoms with Gasteiger partial charge in [0.1, 0.15) is 24.2 Å². The molecule has 156 valence electrons. The van der Waals surface area contributed by atoms with E-state index >= 15 is 0 Å². The minimum Gasteiger partial charge on any atom is -0.468 e. The van der Waals surface area contributed by atoms with Gasteiger partial charge in [0.05, 0.1) is 26.9 Å². The maximum atomic E-state index is 12.9. The number of ether oxygens (including phenoxy) is 4. The molecule has 0 bridgehead atoms. The zero-order chi connectivity index (χ0) is 21.7. The van der Waals surface area contributed by atoms with Crippen LogP contribution in [0.25, 0.3) is 0 Å². The summed E-state index contributed by atoms with van der Waals surface area (Å²) >= 11 is 0. The van der Waals surface area contributed by atoms with Crippen LogP contribution in [0, 0.1) is 11.8 Å². The molecule has 1 aliphatic rings. The van der Waals surface area contributed by atoms with Crippen LogP contribution in [-0.4, -0.2) is 50.9 Å². The summed E-state index contributed by atoms with van der Waals surface area (Å²) in [6.45, 7) is 2.75. The molecule has 2 heterocycles. The molecule has 1 aromatic heterocycles. The van der Waals surface area contributed by atoms with Crippen LogP contribution >= 0.6 is 0 Å². The van der Waals surface area contributed by atoms with E-state index in [1.807, 2.05) is 0 Å². The second-order valence-electron chi connectivity index (χ2n) is 6.09. The third-order valence-corrected chi connectivity index (χ3v) is 4.35. The molecular formula is C19H21NO9. The molecule has 1 aromatic rings. The van der Waals surface area contributed by atoms with Crippen LogP contribution in [0.1, 0.15) is 30.2 Å². The summed E-state index contributed by atoms with van der Waals surface area (Å²) in [4.78, 5) is 53.0. The number of rotatable bonds is 6. The second kappa shape index (κ2) is 9.18. The smallest absolute Gasteiger partial charge is 0.373 e. The molecule has 0 N–H and O–H groups in total. The highest BCUT2D eigenvalue weighted by Crippen LogP contribution is 2.33. The fourth-order valence-electron chi connectivity index (χ4n) is 3.00. The van der Waals surface area contributed by atoms with Gasteiger partial charge in [0.15, 0.2) is 0 Å². The standard InChI is InChI=1S/C19H21NO9/c1-9-13(17(22)26-4)15(14(10(2)20-9)18(23)27-5)19(24)28-8-11-6-7-12(29-11)16(21)25-3/h6-7,13,15H,8H2,1-5H3/t13?,15-/m0/s1. The van der Waals surface area contributed by atoms with E-state index < -0.39 is 35.7 Å². The number of carbonyl (C=O) groups excluding carboxylic acids is 4. The number of esters is 4. The highest BCUT2D eigenvalue weighted by molar-refractivity contribution is 6.10. The van der Waals surface area contributed by atoms with Crippen molar-refractivity contribution in [3.63, 3.8) is 0 Å². The first-order valence-electron chi connectivity index (χ1n) is 8.50. The van der Waals surface area contributed by atoms with Gasteiger partial charge < -0.3 is 23.4 Å². The Balaban J connectivity index is 2.30. The minimum absolute atomic E-state index is 0.0578. The second-order valence-corrected chi connectivity index (χ2v) is 6.09. The average Bonchev–Trinajstić information content (AvgIpc) is 3.18. The van der Waals surface area contributed by atoms with Crippen molar-refractivity contribution in [1.29, 1.82) is 0 Å². The highest BCUT2D eigenvalue weighted by Gasteiger charge is 2.46. The van der Waals surface area contributed by atoms with E-state index in [1.165, 1.54) is 26.2 Å². The molecule has 0 fully saturated rings. The van der Waals surface area contributed by atoms with E-state index in [1.54, 1.807) is 6.92 Å². The summed E-state index contributed by atoms with van der Waals surface area (Å²) in [6.07, 6.45) is 0. The molecule has 10 nitrogen and oxygen atoms in total. The quantitative estimate of drug-likeness (QED) is 0.507. The molecule has 0 saturated heterocycles. The van der Waals surface area contributed by atoms with Crippen LogP contribution in [0.3, 0.4) is 0 Å². The van der Waals surface area contributed by atoms with Gasteiger partial charge in [-0.25, -0.2) is 9.59 Å². The lowest BCUT2D eigenvalue weighted by molar-refractivity contribution is -0.158. The third-order valence-electron chi connectivity index (χ3n) is 4.35. The lowest BCUT2D eigenvalue weighted by Gasteiger charge is -2.28. The molecule has 10 heteroatoms. The van der Waals surface area contributed by atoms with Crippen LogP contribution < -0.4 is 0 Å². The first-order valence-corrected chi connectivity index (χ1v) is 8.50. The number of furan rings is 1. The Morgan fingerprint density at radius 2 is 1.59 bits per heavy atom. The number of carbonyl (C=O) groups is 4. The van der Waals surface area contributed by atoms with Crippen molar-refractivity contribution in [1.82, 2.24) is 0 Å². The van der Waals surface area contributed by atoms with Crippen molar-refractivity contribution in [2.45, 2.75) is 20.5 Å². The van der Waals surface area contributed by atoms with Gasteiger partial charge in [-0.3, -0.25) is 14.6 Å². The molecule has 0 amide bonds. The zero-order valence-electron chi connectivity index (χ0n) is 16.6. The van der Waals surface area contributed by atoms with Gasteiger partial charge >= 0.3 is 23.9 Å². The molecule has 0 saturated carbocycles. The molecule has 2 atom stereocenters. The molecular weight excluding hydrogens is 386 g/mol. The number of methoxy groups -OCH3 is 3. The minimum atomic E-state index is -1.30. The maximum absolute atomic E-state index is 12.9. The summed E-state index contributed by atoms with van der Waals surface area (Å²) in [6, 6.07) is 2.81. The van der Waals surface area contributed by atoms with Gasteiger partial charge in [-0.15, -0.1) is 0 Å². The predicted molar refractivity (Wildman–Crippen MR) is 96.7 cm³/mol. The fourth-order valence-corrected chi connectivity index (χ4v) is 3.00. The van der Waals surface area contributed by atoms with Crippen molar-refractivity contribution in [2.24, 2.45) is 16.8 Å². The first-order chi connectivity index (χ1) is 13.7. The van der Waals surface area contributed by atoms with Crippen molar-refractivity contribution >= 4 is 29.6 Å². The molecule has 0 aliphatic carbocycles. The lowest BCUT2D eigenvalue weighted by atomic mass is 9.80. The van der Waals surface area contributed by atoms with Gasteiger partial charge in [-0.1, -0.05) is 0 Å². The average molecular weight is 407 g/mol. The molecule has 2 rings (SSSR count). The largest absolute Gasteiger partial charge is 0.468 e. The van der Waals surface area contributed by atoms with E-state index in [-0.39, 0.29) is 29.4 Å². The first kappa shape index (κ1) is 21.9. The van der Waals surface area contributed by atoms with Gasteiger partial charge in [-0.2, -0.15) is 0 Å². The van der Waals surface area contributed by atoms with Crippen LogP contribution in [0.15, 0.2) is 32.8 Å². The van der Waals surface area contributed by atoms with Crippen LogP contribution in [-0.2, 0) is 39.9 Å². The predicted octanol–water partition coefficient (Wildman–Crippen LogP) is 1.44. The van der Waals surface area contributed by atoms with Crippen molar-refractivity contribution in [2.75, 3.05) is 21.3 Å². The van der Waals surface area contributed by atoms with Crippen molar-refractivity contribution in [3.8, 4) is 0 Å². The number of allylic oxidation sites excluding steroid dienone is 1. The molecule has 0 aromatic carbocycles. The highest BCUT2D eigenvalue weighted by atomic mass is 16.6.